The fraction of sp³-hybridized carbons (Fsp3) is 0.222. The maximum atomic E-state index is 12.5. The fourth-order valence-electron chi connectivity index (χ4n) is 2.78. The van der Waals surface area contributed by atoms with Crippen LogP contribution in [0.25, 0.3) is 10.2 Å². The standard InChI is InChI=1S/C18H16N2O3S/c1-3-20-13-8-14-15(23-10-22-14)9-16(13)24-18(20)19-17(21)12-6-4-5-11(2)7-12/h4-9H,3,10H2,1-2H3. The molecule has 3 aromatic rings. The van der Waals surface area contributed by atoms with Gasteiger partial charge in [-0.1, -0.05) is 29.0 Å². The first-order chi connectivity index (χ1) is 11.7. The number of aryl methyl sites for hydroxylation is 2. The molecule has 4 rings (SSSR count). The summed E-state index contributed by atoms with van der Waals surface area (Å²) >= 11 is 1.48. The molecule has 6 heteroatoms. The summed E-state index contributed by atoms with van der Waals surface area (Å²) in [6.07, 6.45) is 0. The number of hydrogen-bond donors (Lipinski definition) is 0. The van der Waals surface area contributed by atoms with Crippen LogP contribution in [0.5, 0.6) is 11.5 Å². The van der Waals surface area contributed by atoms with E-state index < -0.39 is 0 Å². The molecule has 0 atom stereocenters. The van der Waals surface area contributed by atoms with Gasteiger partial charge in [0.1, 0.15) is 0 Å². The van der Waals surface area contributed by atoms with Crippen LogP contribution in [-0.4, -0.2) is 17.3 Å². The Morgan fingerprint density at radius 1 is 1.25 bits per heavy atom. The summed E-state index contributed by atoms with van der Waals surface area (Å²) in [4.78, 5) is 17.5. The molecule has 1 aliphatic heterocycles. The first kappa shape index (κ1) is 15.0. The largest absolute Gasteiger partial charge is 0.454 e. The Morgan fingerprint density at radius 2 is 2.04 bits per heavy atom. The highest BCUT2D eigenvalue weighted by molar-refractivity contribution is 7.16. The van der Waals surface area contributed by atoms with E-state index in [1.807, 2.05) is 48.7 Å². The number of carbonyl (C=O) groups is 1. The van der Waals surface area contributed by atoms with Gasteiger partial charge in [-0.15, -0.1) is 0 Å². The number of carbonyl (C=O) groups excluding carboxylic acids is 1. The smallest absolute Gasteiger partial charge is 0.279 e. The van der Waals surface area contributed by atoms with Crippen molar-refractivity contribution in [2.75, 3.05) is 6.79 Å². The molecule has 1 amide bonds. The molecule has 0 fully saturated rings. The average Bonchev–Trinajstić information content (AvgIpc) is 3.15. The first-order valence-electron chi connectivity index (χ1n) is 7.74. The van der Waals surface area contributed by atoms with Gasteiger partial charge < -0.3 is 14.0 Å². The number of nitrogens with zero attached hydrogens (tertiary/aromatic N) is 2. The van der Waals surface area contributed by atoms with Gasteiger partial charge in [-0.05, 0) is 26.0 Å². The van der Waals surface area contributed by atoms with Crippen LogP contribution in [0.15, 0.2) is 41.4 Å². The average molecular weight is 340 g/mol. The second kappa shape index (κ2) is 5.79. The van der Waals surface area contributed by atoms with Crippen molar-refractivity contribution in [2.45, 2.75) is 20.4 Å². The van der Waals surface area contributed by atoms with E-state index in [1.54, 1.807) is 6.07 Å². The Labute approximate surface area is 142 Å². The van der Waals surface area contributed by atoms with E-state index in [0.717, 1.165) is 33.8 Å². The molecule has 0 saturated carbocycles. The summed E-state index contributed by atoms with van der Waals surface area (Å²) in [5, 5.41) is 0. The highest BCUT2D eigenvalue weighted by atomic mass is 32.1. The van der Waals surface area contributed by atoms with Crippen molar-refractivity contribution >= 4 is 27.5 Å². The second-order valence-electron chi connectivity index (χ2n) is 5.59. The van der Waals surface area contributed by atoms with Gasteiger partial charge in [0.15, 0.2) is 16.3 Å². The van der Waals surface area contributed by atoms with E-state index in [4.69, 9.17) is 9.47 Å². The fourth-order valence-corrected chi connectivity index (χ4v) is 3.88. The van der Waals surface area contributed by atoms with Gasteiger partial charge in [0.05, 0.1) is 10.2 Å². The minimum atomic E-state index is -0.229. The third-order valence-corrected chi connectivity index (χ3v) is 5.00. The van der Waals surface area contributed by atoms with Gasteiger partial charge in [-0.2, -0.15) is 4.99 Å². The van der Waals surface area contributed by atoms with Crippen LogP contribution in [0.3, 0.4) is 0 Å². The van der Waals surface area contributed by atoms with Gasteiger partial charge in [0, 0.05) is 24.2 Å². The Hall–Kier alpha value is -2.60. The zero-order valence-corrected chi connectivity index (χ0v) is 14.2. The molecule has 0 radical (unpaired) electrons. The maximum Gasteiger partial charge on any atom is 0.279 e. The van der Waals surface area contributed by atoms with E-state index in [0.29, 0.717) is 10.4 Å². The minimum absolute atomic E-state index is 0.229. The van der Waals surface area contributed by atoms with Crippen LogP contribution >= 0.6 is 11.3 Å². The minimum Gasteiger partial charge on any atom is -0.454 e. The Balaban J connectivity index is 1.85. The number of thiazole rings is 1. The lowest BCUT2D eigenvalue weighted by Gasteiger charge is -2.02. The number of benzene rings is 2. The predicted molar refractivity (Wildman–Crippen MR) is 92.7 cm³/mol. The monoisotopic (exact) mass is 340 g/mol. The van der Waals surface area contributed by atoms with Crippen molar-refractivity contribution in [1.29, 1.82) is 0 Å². The maximum absolute atomic E-state index is 12.5. The van der Waals surface area contributed by atoms with E-state index in [9.17, 15) is 4.79 Å². The van der Waals surface area contributed by atoms with Gasteiger partial charge in [0.2, 0.25) is 6.79 Å². The quantitative estimate of drug-likeness (QED) is 0.717. The zero-order valence-electron chi connectivity index (χ0n) is 13.4. The van der Waals surface area contributed by atoms with Crippen LogP contribution < -0.4 is 14.3 Å². The van der Waals surface area contributed by atoms with E-state index in [2.05, 4.69) is 4.99 Å². The lowest BCUT2D eigenvalue weighted by Crippen LogP contribution is -2.15. The molecule has 0 spiro atoms. The van der Waals surface area contributed by atoms with Gasteiger partial charge in [-0.3, -0.25) is 4.79 Å². The third kappa shape index (κ3) is 2.49. The predicted octanol–water partition coefficient (Wildman–Crippen LogP) is 3.50. The van der Waals surface area contributed by atoms with Crippen molar-refractivity contribution in [1.82, 2.24) is 4.57 Å². The molecule has 1 aliphatic rings. The van der Waals surface area contributed by atoms with Crippen LogP contribution in [0, 0.1) is 6.92 Å². The van der Waals surface area contributed by atoms with Crippen LogP contribution in [0.1, 0.15) is 22.8 Å². The molecule has 1 aromatic heterocycles. The SMILES string of the molecule is CCn1c(=NC(=O)c2cccc(C)c2)sc2cc3c(cc21)OCO3. The Morgan fingerprint density at radius 3 is 2.79 bits per heavy atom. The highest BCUT2D eigenvalue weighted by Gasteiger charge is 2.17. The molecule has 0 saturated heterocycles. The molecule has 122 valence electrons. The van der Waals surface area contributed by atoms with Crippen molar-refractivity contribution in [2.24, 2.45) is 4.99 Å². The molecule has 24 heavy (non-hydrogen) atoms. The molecule has 2 aromatic carbocycles. The van der Waals surface area contributed by atoms with E-state index >= 15 is 0 Å². The molecule has 0 aliphatic carbocycles. The number of hydrogen-bond acceptors (Lipinski definition) is 4. The second-order valence-corrected chi connectivity index (χ2v) is 6.60. The van der Waals surface area contributed by atoms with Crippen molar-refractivity contribution < 1.29 is 14.3 Å². The first-order valence-corrected chi connectivity index (χ1v) is 8.56. The number of aromatic nitrogens is 1. The Kier molecular flexibility index (Phi) is 3.61. The molecule has 2 heterocycles. The lowest BCUT2D eigenvalue weighted by molar-refractivity contribution is 0.0997. The van der Waals surface area contributed by atoms with Gasteiger partial charge >= 0.3 is 0 Å². The summed E-state index contributed by atoms with van der Waals surface area (Å²) in [5.41, 5.74) is 2.65. The topological polar surface area (TPSA) is 52.8 Å². The molecular formula is C18H16N2O3S. The van der Waals surface area contributed by atoms with Gasteiger partial charge in [-0.25, -0.2) is 0 Å². The third-order valence-electron chi connectivity index (χ3n) is 3.96. The molecule has 0 bridgehead atoms. The molecule has 0 N–H and O–H groups in total. The highest BCUT2D eigenvalue weighted by Crippen LogP contribution is 2.36. The van der Waals surface area contributed by atoms with E-state index in [-0.39, 0.29) is 12.7 Å². The summed E-state index contributed by atoms with van der Waals surface area (Å²) in [6, 6.07) is 11.4. The summed E-state index contributed by atoms with van der Waals surface area (Å²) < 4.78 is 13.9. The normalized spacial score (nSPS) is 13.7. The summed E-state index contributed by atoms with van der Waals surface area (Å²) in [6.45, 7) is 4.97. The molecule has 5 nitrogen and oxygen atoms in total. The number of fused-ring (bicyclic) bond motifs is 2. The molecule has 0 unspecified atom stereocenters. The van der Waals surface area contributed by atoms with Crippen molar-refractivity contribution in [3.63, 3.8) is 0 Å². The molecular weight excluding hydrogens is 324 g/mol. The van der Waals surface area contributed by atoms with E-state index in [1.165, 1.54) is 11.3 Å². The van der Waals surface area contributed by atoms with Crippen LogP contribution in [0.4, 0.5) is 0 Å². The van der Waals surface area contributed by atoms with Gasteiger partial charge in [0.25, 0.3) is 5.91 Å². The Bertz CT molecular complexity index is 1020. The summed E-state index contributed by atoms with van der Waals surface area (Å²) in [7, 11) is 0. The van der Waals surface area contributed by atoms with Crippen molar-refractivity contribution in [3.05, 3.63) is 52.3 Å². The lowest BCUT2D eigenvalue weighted by atomic mass is 10.1. The number of ether oxygens (including phenoxy) is 2. The van der Waals surface area contributed by atoms with Crippen molar-refractivity contribution in [3.8, 4) is 11.5 Å². The number of amides is 1. The van der Waals surface area contributed by atoms with Crippen LogP contribution in [-0.2, 0) is 6.54 Å². The summed E-state index contributed by atoms with van der Waals surface area (Å²) in [5.74, 6) is 1.25. The van der Waals surface area contributed by atoms with Crippen LogP contribution in [0.2, 0.25) is 0 Å². The zero-order chi connectivity index (χ0) is 16.7. The number of rotatable bonds is 2.